The molecule has 0 saturated carbocycles. The molecular weight excluding hydrogens is 472 g/mol. The molecule has 2 aromatic heterocycles. The van der Waals surface area contributed by atoms with Gasteiger partial charge in [-0.2, -0.15) is 0 Å². The Morgan fingerprint density at radius 3 is 2.85 bits per heavy atom. The molecule has 0 aliphatic carbocycles. The second-order valence-electron chi connectivity index (χ2n) is 8.84. The number of nitrogens with zero attached hydrogens (tertiary/aromatic N) is 4. The minimum atomic E-state index is -0.0568. The molecule has 2 aliphatic heterocycles. The largest absolute Gasteiger partial charge is 0.309 e. The lowest BCUT2D eigenvalue weighted by atomic mass is 10.0. The van der Waals surface area contributed by atoms with E-state index in [1.165, 1.54) is 18.0 Å². The third-order valence-corrected chi connectivity index (χ3v) is 7.77. The Morgan fingerprint density at radius 1 is 1.21 bits per heavy atom. The van der Waals surface area contributed by atoms with Gasteiger partial charge in [-0.15, -0.1) is 11.8 Å². The van der Waals surface area contributed by atoms with Crippen molar-refractivity contribution in [3.8, 4) is 0 Å². The number of hydrogen-bond acceptors (Lipinski definition) is 7. The number of carbonyl (C=O) groups is 1. The standard InChI is InChI=1S/C24H27ClN6O2S/c1-15-2-3-18-20(10-15)31(23(33)13-27-18)9-8-30-6-4-16(5-7-30)26-12-19-17(25)11-21-24(28-19)29-22(32)14-34-21/h2-3,10-11,13,16,26H,4-9,12,14H2,1H3,(H,28,29,32). The maximum atomic E-state index is 12.5. The first-order valence-electron chi connectivity index (χ1n) is 11.5. The van der Waals surface area contributed by atoms with Crippen molar-refractivity contribution in [2.24, 2.45) is 0 Å². The number of fused-ring (bicyclic) bond motifs is 2. The summed E-state index contributed by atoms with van der Waals surface area (Å²) >= 11 is 7.89. The monoisotopic (exact) mass is 498 g/mol. The van der Waals surface area contributed by atoms with Crippen molar-refractivity contribution in [1.29, 1.82) is 0 Å². The Hall–Kier alpha value is -2.46. The lowest BCUT2D eigenvalue weighted by Gasteiger charge is -2.32. The van der Waals surface area contributed by atoms with E-state index in [1.807, 2.05) is 35.8 Å². The Morgan fingerprint density at radius 2 is 2.03 bits per heavy atom. The molecule has 0 bridgehead atoms. The number of pyridine rings is 1. The summed E-state index contributed by atoms with van der Waals surface area (Å²) in [6, 6.07) is 8.28. The molecule has 5 rings (SSSR count). The van der Waals surface area contributed by atoms with Crippen LogP contribution in [0.3, 0.4) is 0 Å². The Labute approximate surface area is 207 Å². The van der Waals surface area contributed by atoms with Gasteiger partial charge in [-0.05, 0) is 56.6 Å². The molecule has 1 amide bonds. The number of aromatic nitrogens is 3. The van der Waals surface area contributed by atoms with Crippen molar-refractivity contribution in [3.05, 3.63) is 57.1 Å². The van der Waals surface area contributed by atoms with E-state index in [-0.39, 0.29) is 11.5 Å². The van der Waals surface area contributed by atoms with Gasteiger partial charge >= 0.3 is 0 Å². The first kappa shape index (κ1) is 23.3. The highest BCUT2D eigenvalue weighted by molar-refractivity contribution is 8.00. The van der Waals surface area contributed by atoms with Crippen LogP contribution in [0.4, 0.5) is 5.82 Å². The fourth-order valence-corrected chi connectivity index (χ4v) is 5.57. The lowest BCUT2D eigenvalue weighted by molar-refractivity contribution is -0.113. The zero-order valence-corrected chi connectivity index (χ0v) is 20.6. The number of piperidine rings is 1. The van der Waals surface area contributed by atoms with Crippen LogP contribution >= 0.6 is 23.4 Å². The predicted molar refractivity (Wildman–Crippen MR) is 136 cm³/mol. The van der Waals surface area contributed by atoms with Crippen LogP contribution in [0.2, 0.25) is 5.02 Å². The van der Waals surface area contributed by atoms with E-state index < -0.39 is 0 Å². The molecule has 0 unspecified atom stereocenters. The third kappa shape index (κ3) is 5.12. The lowest BCUT2D eigenvalue weighted by Crippen LogP contribution is -2.43. The summed E-state index contributed by atoms with van der Waals surface area (Å²) in [5, 5.41) is 7.02. The van der Waals surface area contributed by atoms with Gasteiger partial charge in [0.1, 0.15) is 5.82 Å². The van der Waals surface area contributed by atoms with Gasteiger partial charge in [-0.25, -0.2) is 9.97 Å². The molecule has 4 heterocycles. The van der Waals surface area contributed by atoms with Gasteiger partial charge in [0.25, 0.3) is 5.56 Å². The normalized spacial score (nSPS) is 17.1. The highest BCUT2D eigenvalue weighted by atomic mass is 35.5. The molecule has 8 nitrogen and oxygen atoms in total. The second-order valence-corrected chi connectivity index (χ2v) is 10.3. The number of amides is 1. The highest BCUT2D eigenvalue weighted by Crippen LogP contribution is 2.33. The van der Waals surface area contributed by atoms with Gasteiger partial charge in [0.15, 0.2) is 0 Å². The quantitative estimate of drug-likeness (QED) is 0.539. The molecule has 178 valence electrons. The second kappa shape index (κ2) is 10.0. The van der Waals surface area contributed by atoms with Crippen LogP contribution in [0.15, 0.2) is 40.2 Å². The van der Waals surface area contributed by atoms with Gasteiger partial charge < -0.3 is 20.1 Å². The van der Waals surface area contributed by atoms with Gasteiger partial charge in [0, 0.05) is 25.7 Å². The van der Waals surface area contributed by atoms with Crippen molar-refractivity contribution in [3.63, 3.8) is 0 Å². The zero-order valence-electron chi connectivity index (χ0n) is 19.0. The number of likely N-dealkylation sites (tertiary alicyclic amines) is 1. The van der Waals surface area contributed by atoms with E-state index in [0.29, 0.717) is 35.7 Å². The number of halogens is 1. The zero-order chi connectivity index (χ0) is 23.7. The summed E-state index contributed by atoms with van der Waals surface area (Å²) in [4.78, 5) is 36.3. The summed E-state index contributed by atoms with van der Waals surface area (Å²) in [5.74, 6) is 0.967. The smallest absolute Gasteiger partial charge is 0.269 e. The molecule has 1 fully saturated rings. The minimum Gasteiger partial charge on any atom is -0.309 e. The summed E-state index contributed by atoms with van der Waals surface area (Å²) in [6.07, 6.45) is 3.44. The van der Waals surface area contributed by atoms with Crippen molar-refractivity contribution in [2.45, 2.75) is 43.8 Å². The van der Waals surface area contributed by atoms with E-state index >= 15 is 0 Å². The summed E-state index contributed by atoms with van der Waals surface area (Å²) in [5.41, 5.74) is 3.56. The SMILES string of the molecule is Cc1ccc2ncc(=O)n(CCN3CCC(NCc4nc5c(cc4Cl)SCC(=O)N5)CC3)c2c1. The van der Waals surface area contributed by atoms with E-state index in [0.717, 1.165) is 59.7 Å². The molecule has 34 heavy (non-hydrogen) atoms. The van der Waals surface area contributed by atoms with Crippen LogP contribution in [0, 0.1) is 6.92 Å². The summed E-state index contributed by atoms with van der Waals surface area (Å²) in [6.45, 7) is 6.00. The molecule has 2 aliphatic rings. The number of hydrogen-bond donors (Lipinski definition) is 2. The number of benzene rings is 1. The summed E-state index contributed by atoms with van der Waals surface area (Å²) < 4.78 is 1.83. The van der Waals surface area contributed by atoms with E-state index in [9.17, 15) is 9.59 Å². The number of nitrogens with one attached hydrogen (secondary N) is 2. The average molecular weight is 499 g/mol. The molecule has 3 aromatic rings. The molecular formula is C24H27ClN6O2S. The van der Waals surface area contributed by atoms with Crippen LogP contribution in [0.5, 0.6) is 0 Å². The van der Waals surface area contributed by atoms with Crippen LogP contribution in [0.1, 0.15) is 24.1 Å². The maximum absolute atomic E-state index is 12.5. The fourth-order valence-electron chi connectivity index (χ4n) is 4.49. The van der Waals surface area contributed by atoms with Crippen molar-refractivity contribution < 1.29 is 4.79 Å². The third-order valence-electron chi connectivity index (χ3n) is 6.42. The molecule has 0 atom stereocenters. The number of anilines is 1. The number of thioether (sulfide) groups is 1. The summed E-state index contributed by atoms with van der Waals surface area (Å²) in [7, 11) is 0. The van der Waals surface area contributed by atoms with Crippen LogP contribution in [0.25, 0.3) is 11.0 Å². The van der Waals surface area contributed by atoms with Crippen molar-refractivity contribution in [1.82, 2.24) is 24.8 Å². The number of carbonyl (C=O) groups excluding carboxylic acids is 1. The average Bonchev–Trinajstić information content (AvgIpc) is 2.83. The number of rotatable bonds is 6. The van der Waals surface area contributed by atoms with Crippen LogP contribution in [-0.2, 0) is 17.9 Å². The molecule has 10 heteroatoms. The molecule has 0 radical (unpaired) electrons. The minimum absolute atomic E-state index is 0.0317. The molecule has 2 N–H and O–H groups in total. The first-order valence-corrected chi connectivity index (χ1v) is 12.9. The van der Waals surface area contributed by atoms with Crippen LogP contribution < -0.4 is 16.2 Å². The van der Waals surface area contributed by atoms with E-state index in [1.54, 1.807) is 0 Å². The molecule has 0 spiro atoms. The van der Waals surface area contributed by atoms with Crippen LogP contribution in [-0.4, -0.2) is 56.8 Å². The van der Waals surface area contributed by atoms with Gasteiger partial charge in [-0.1, -0.05) is 17.7 Å². The first-order chi connectivity index (χ1) is 16.5. The van der Waals surface area contributed by atoms with E-state index in [2.05, 4.69) is 25.5 Å². The maximum Gasteiger partial charge on any atom is 0.269 e. The van der Waals surface area contributed by atoms with Gasteiger partial charge in [0.2, 0.25) is 5.91 Å². The molecule has 1 aromatic carbocycles. The molecule has 1 saturated heterocycles. The Balaban J connectivity index is 1.15. The Kier molecular flexibility index (Phi) is 6.87. The fraction of sp³-hybridized carbons (Fsp3) is 0.417. The van der Waals surface area contributed by atoms with E-state index in [4.69, 9.17) is 11.6 Å². The number of aryl methyl sites for hydroxylation is 1. The predicted octanol–water partition coefficient (Wildman–Crippen LogP) is 3.05. The topological polar surface area (TPSA) is 92.2 Å². The van der Waals surface area contributed by atoms with Crippen molar-refractivity contribution in [2.75, 3.05) is 30.7 Å². The van der Waals surface area contributed by atoms with Crippen molar-refractivity contribution >= 4 is 46.1 Å². The highest BCUT2D eigenvalue weighted by Gasteiger charge is 2.22. The Bertz CT molecular complexity index is 1290. The van der Waals surface area contributed by atoms with Gasteiger partial charge in [-0.3, -0.25) is 9.59 Å². The van der Waals surface area contributed by atoms with Gasteiger partial charge in [0.05, 0.1) is 38.6 Å².